The summed E-state index contributed by atoms with van der Waals surface area (Å²) < 4.78 is 5.75. The first-order chi connectivity index (χ1) is 10.2. The molecule has 5 nitrogen and oxygen atoms in total. The molecule has 1 aromatic carbocycles. The Morgan fingerprint density at radius 1 is 1.14 bits per heavy atom. The highest BCUT2D eigenvalue weighted by atomic mass is 16.5. The minimum absolute atomic E-state index is 0.398. The van der Waals surface area contributed by atoms with E-state index in [1.165, 1.54) is 24.7 Å². The molecule has 1 saturated carbocycles. The van der Waals surface area contributed by atoms with Gasteiger partial charge in [0.1, 0.15) is 17.8 Å². The molecule has 2 aromatic rings. The first-order valence-electron chi connectivity index (χ1n) is 7.34. The molecule has 3 N–H and O–H groups in total. The van der Waals surface area contributed by atoms with Gasteiger partial charge >= 0.3 is 0 Å². The normalized spacial score (nSPS) is 15.1. The van der Waals surface area contributed by atoms with E-state index in [9.17, 15) is 0 Å². The van der Waals surface area contributed by atoms with E-state index in [1.54, 1.807) is 0 Å². The quantitative estimate of drug-likeness (QED) is 0.898. The number of nitrogens with two attached hydrogens (primary N) is 1. The number of aromatic nitrogens is 2. The summed E-state index contributed by atoms with van der Waals surface area (Å²) in [5, 5.41) is 3.39. The lowest BCUT2D eigenvalue weighted by Crippen LogP contribution is -2.17. The van der Waals surface area contributed by atoms with Gasteiger partial charge < -0.3 is 15.8 Å². The van der Waals surface area contributed by atoms with E-state index < -0.39 is 0 Å². The number of nitrogen functional groups attached to an aromatic ring is 1. The van der Waals surface area contributed by atoms with Crippen molar-refractivity contribution in [3.63, 3.8) is 0 Å². The van der Waals surface area contributed by atoms with Crippen LogP contribution in [0.4, 0.5) is 11.5 Å². The van der Waals surface area contributed by atoms with Gasteiger partial charge in [-0.3, -0.25) is 0 Å². The molecule has 0 aliphatic heterocycles. The molecular weight excluding hydrogens is 264 g/mol. The molecule has 0 unspecified atom stereocenters. The highest BCUT2D eigenvalue weighted by Crippen LogP contribution is 2.31. The lowest BCUT2D eigenvalue weighted by molar-refractivity contribution is 0.464. The molecule has 21 heavy (non-hydrogen) atoms. The summed E-state index contributed by atoms with van der Waals surface area (Å²) in [4.78, 5) is 8.36. The molecule has 3 rings (SSSR count). The molecule has 1 aliphatic carbocycles. The molecule has 5 heteroatoms. The van der Waals surface area contributed by atoms with Crippen LogP contribution in [-0.4, -0.2) is 16.0 Å². The SMILES string of the molecule is Cc1ccc(Oc2ncnc(NC3CCCC3)c2N)cc1. The van der Waals surface area contributed by atoms with E-state index in [0.29, 0.717) is 23.4 Å². The fourth-order valence-electron chi connectivity index (χ4n) is 2.56. The summed E-state index contributed by atoms with van der Waals surface area (Å²) in [5.41, 5.74) is 7.77. The van der Waals surface area contributed by atoms with Crippen LogP contribution in [0.2, 0.25) is 0 Å². The summed E-state index contributed by atoms with van der Waals surface area (Å²) >= 11 is 0. The van der Waals surface area contributed by atoms with Gasteiger partial charge in [-0.1, -0.05) is 30.5 Å². The molecule has 0 radical (unpaired) electrons. The first kappa shape index (κ1) is 13.7. The van der Waals surface area contributed by atoms with Gasteiger partial charge in [0.2, 0.25) is 5.88 Å². The minimum Gasteiger partial charge on any atom is -0.437 e. The Morgan fingerprint density at radius 2 is 1.86 bits per heavy atom. The van der Waals surface area contributed by atoms with Crippen molar-refractivity contribution < 1.29 is 4.74 Å². The van der Waals surface area contributed by atoms with Crippen LogP contribution >= 0.6 is 0 Å². The van der Waals surface area contributed by atoms with Crippen LogP contribution in [0.1, 0.15) is 31.2 Å². The Kier molecular flexibility index (Phi) is 3.90. The standard InChI is InChI=1S/C16H20N4O/c1-11-6-8-13(9-7-11)21-16-14(17)15(18-10-19-16)20-12-4-2-3-5-12/h6-10,12H,2-5,17H2,1H3,(H,18,19,20). The van der Waals surface area contributed by atoms with E-state index >= 15 is 0 Å². The maximum absolute atomic E-state index is 6.13. The van der Waals surface area contributed by atoms with Crippen molar-refractivity contribution in [3.8, 4) is 11.6 Å². The molecule has 1 aliphatic rings. The summed E-state index contributed by atoms with van der Waals surface area (Å²) in [7, 11) is 0. The van der Waals surface area contributed by atoms with E-state index in [4.69, 9.17) is 10.5 Å². The zero-order valence-electron chi connectivity index (χ0n) is 12.2. The fraction of sp³-hybridized carbons (Fsp3) is 0.375. The maximum atomic E-state index is 6.13. The average Bonchev–Trinajstić information content (AvgIpc) is 2.99. The largest absolute Gasteiger partial charge is 0.437 e. The van der Waals surface area contributed by atoms with Gasteiger partial charge in [0.25, 0.3) is 0 Å². The number of anilines is 2. The molecule has 1 fully saturated rings. The van der Waals surface area contributed by atoms with Crippen LogP contribution in [0.25, 0.3) is 0 Å². The van der Waals surface area contributed by atoms with Crippen LogP contribution in [0.5, 0.6) is 11.6 Å². The van der Waals surface area contributed by atoms with E-state index in [2.05, 4.69) is 15.3 Å². The zero-order chi connectivity index (χ0) is 14.7. The van der Waals surface area contributed by atoms with Gasteiger partial charge in [-0.05, 0) is 31.9 Å². The van der Waals surface area contributed by atoms with Crippen LogP contribution in [0.3, 0.4) is 0 Å². The topological polar surface area (TPSA) is 73.1 Å². The van der Waals surface area contributed by atoms with Gasteiger partial charge in [-0.25, -0.2) is 4.98 Å². The van der Waals surface area contributed by atoms with Crippen molar-refractivity contribution in [1.29, 1.82) is 0 Å². The monoisotopic (exact) mass is 284 g/mol. The number of aryl methyl sites for hydroxylation is 1. The van der Waals surface area contributed by atoms with Crippen LogP contribution in [-0.2, 0) is 0 Å². The van der Waals surface area contributed by atoms with Crippen LogP contribution in [0, 0.1) is 6.92 Å². The van der Waals surface area contributed by atoms with Crippen LogP contribution < -0.4 is 15.8 Å². The van der Waals surface area contributed by atoms with E-state index in [0.717, 1.165) is 18.6 Å². The van der Waals surface area contributed by atoms with E-state index in [1.807, 2.05) is 31.2 Å². The van der Waals surface area contributed by atoms with Crippen molar-refractivity contribution in [2.45, 2.75) is 38.6 Å². The van der Waals surface area contributed by atoms with Crippen LogP contribution in [0.15, 0.2) is 30.6 Å². The molecule has 110 valence electrons. The Bertz CT molecular complexity index is 606. The van der Waals surface area contributed by atoms with Gasteiger partial charge in [0.05, 0.1) is 0 Å². The molecule has 1 aromatic heterocycles. The number of nitrogens with one attached hydrogen (secondary N) is 1. The summed E-state index contributed by atoms with van der Waals surface area (Å²) in [5.74, 6) is 1.78. The third kappa shape index (κ3) is 3.24. The van der Waals surface area contributed by atoms with Crippen molar-refractivity contribution in [2.24, 2.45) is 0 Å². The minimum atomic E-state index is 0.398. The predicted octanol–water partition coefficient (Wildman–Crippen LogP) is 3.51. The first-order valence-corrected chi connectivity index (χ1v) is 7.34. The molecule has 1 heterocycles. The number of rotatable bonds is 4. The summed E-state index contributed by atoms with van der Waals surface area (Å²) in [6, 6.07) is 8.24. The third-order valence-electron chi connectivity index (χ3n) is 3.78. The highest BCUT2D eigenvalue weighted by Gasteiger charge is 2.18. The number of benzene rings is 1. The highest BCUT2D eigenvalue weighted by molar-refractivity contribution is 5.67. The summed E-state index contributed by atoms with van der Waals surface area (Å²) in [6.45, 7) is 2.03. The van der Waals surface area contributed by atoms with Gasteiger partial charge in [0.15, 0.2) is 5.82 Å². The van der Waals surface area contributed by atoms with Crippen molar-refractivity contribution in [1.82, 2.24) is 9.97 Å². The molecule has 0 spiro atoms. The Hall–Kier alpha value is -2.30. The van der Waals surface area contributed by atoms with Gasteiger partial charge in [-0.2, -0.15) is 4.98 Å². The second-order valence-corrected chi connectivity index (χ2v) is 5.48. The van der Waals surface area contributed by atoms with E-state index in [-0.39, 0.29) is 0 Å². The number of ether oxygens (including phenoxy) is 1. The fourth-order valence-corrected chi connectivity index (χ4v) is 2.56. The average molecular weight is 284 g/mol. The smallest absolute Gasteiger partial charge is 0.248 e. The lowest BCUT2D eigenvalue weighted by atomic mass is 10.2. The Labute approximate surface area is 124 Å². The third-order valence-corrected chi connectivity index (χ3v) is 3.78. The molecule has 0 saturated heterocycles. The Balaban J connectivity index is 1.77. The lowest BCUT2D eigenvalue weighted by Gasteiger charge is -2.15. The van der Waals surface area contributed by atoms with Crippen molar-refractivity contribution >= 4 is 11.5 Å². The van der Waals surface area contributed by atoms with Gasteiger partial charge in [-0.15, -0.1) is 0 Å². The number of hydrogen-bond donors (Lipinski definition) is 2. The molecule has 0 amide bonds. The Morgan fingerprint density at radius 3 is 2.57 bits per heavy atom. The van der Waals surface area contributed by atoms with Gasteiger partial charge in [0, 0.05) is 6.04 Å². The molecular formula is C16H20N4O. The summed E-state index contributed by atoms with van der Waals surface area (Å²) in [6.07, 6.45) is 6.33. The molecule has 0 bridgehead atoms. The second-order valence-electron chi connectivity index (χ2n) is 5.48. The maximum Gasteiger partial charge on any atom is 0.248 e. The van der Waals surface area contributed by atoms with Crippen molar-refractivity contribution in [2.75, 3.05) is 11.1 Å². The number of hydrogen-bond acceptors (Lipinski definition) is 5. The second kappa shape index (κ2) is 5.99. The van der Waals surface area contributed by atoms with Crippen molar-refractivity contribution in [3.05, 3.63) is 36.2 Å². The number of nitrogens with zero attached hydrogens (tertiary/aromatic N) is 2. The predicted molar refractivity (Wildman–Crippen MR) is 83.6 cm³/mol. The zero-order valence-corrected chi connectivity index (χ0v) is 12.2. The molecule has 0 atom stereocenters.